The van der Waals surface area contributed by atoms with Crippen LogP contribution in [0.15, 0.2) is 36.5 Å². The van der Waals surface area contributed by atoms with Crippen LogP contribution in [0.4, 0.5) is 0 Å². The van der Waals surface area contributed by atoms with E-state index in [0.717, 1.165) is 24.1 Å². The number of nitrogens with zero attached hydrogens (tertiary/aromatic N) is 2. The first-order valence-corrected chi connectivity index (χ1v) is 9.03. The van der Waals surface area contributed by atoms with Gasteiger partial charge in [0, 0.05) is 5.69 Å². The van der Waals surface area contributed by atoms with Gasteiger partial charge in [-0.25, -0.2) is 4.79 Å². The Hall–Kier alpha value is -2.63. The normalized spacial score (nSPS) is 22.8. The topological polar surface area (TPSA) is 84.2 Å². The molecular formula is C20H25N3O3. The molecule has 0 spiro atoms. The van der Waals surface area contributed by atoms with E-state index in [1.54, 1.807) is 4.68 Å². The average molecular weight is 355 g/mol. The van der Waals surface area contributed by atoms with Gasteiger partial charge in [0.1, 0.15) is 5.54 Å². The molecule has 6 heteroatoms. The second-order valence-corrected chi connectivity index (χ2v) is 7.31. The van der Waals surface area contributed by atoms with Gasteiger partial charge in [0.25, 0.3) is 5.91 Å². The molecule has 1 heterocycles. The molecule has 1 aromatic heterocycles. The SMILES string of the molecule is Cc1c(C(=O)NC2(C(=O)O)CCC(C)CC2)cnn1Cc1ccccc1. The zero-order chi connectivity index (χ0) is 18.7. The lowest BCUT2D eigenvalue weighted by atomic mass is 9.77. The Labute approximate surface area is 153 Å². The van der Waals surface area contributed by atoms with Crippen molar-refractivity contribution in [3.63, 3.8) is 0 Å². The van der Waals surface area contributed by atoms with E-state index in [0.29, 0.717) is 30.9 Å². The molecule has 0 saturated heterocycles. The fraction of sp³-hybridized carbons (Fsp3) is 0.450. The smallest absolute Gasteiger partial charge is 0.329 e. The molecule has 0 radical (unpaired) electrons. The highest BCUT2D eigenvalue weighted by atomic mass is 16.4. The van der Waals surface area contributed by atoms with Gasteiger partial charge in [0.2, 0.25) is 0 Å². The molecule has 1 fully saturated rings. The third-order valence-corrected chi connectivity index (χ3v) is 5.41. The third-order valence-electron chi connectivity index (χ3n) is 5.41. The number of carbonyl (C=O) groups is 2. The van der Waals surface area contributed by atoms with Crippen molar-refractivity contribution in [2.75, 3.05) is 0 Å². The summed E-state index contributed by atoms with van der Waals surface area (Å²) in [5.74, 6) is -0.819. The number of nitrogens with one attached hydrogen (secondary N) is 1. The molecule has 1 aromatic carbocycles. The van der Waals surface area contributed by atoms with Gasteiger partial charge in [0.15, 0.2) is 0 Å². The summed E-state index contributed by atoms with van der Waals surface area (Å²) in [4.78, 5) is 24.6. The van der Waals surface area contributed by atoms with E-state index < -0.39 is 11.5 Å². The van der Waals surface area contributed by atoms with E-state index >= 15 is 0 Å². The van der Waals surface area contributed by atoms with Gasteiger partial charge in [-0.15, -0.1) is 0 Å². The lowest BCUT2D eigenvalue weighted by molar-refractivity contribution is -0.146. The lowest BCUT2D eigenvalue weighted by Crippen LogP contribution is -2.56. The molecule has 6 nitrogen and oxygen atoms in total. The molecule has 138 valence electrons. The summed E-state index contributed by atoms with van der Waals surface area (Å²) in [6.07, 6.45) is 4.06. The molecule has 26 heavy (non-hydrogen) atoms. The van der Waals surface area contributed by atoms with E-state index in [2.05, 4.69) is 17.3 Å². The number of benzene rings is 1. The zero-order valence-electron chi connectivity index (χ0n) is 15.2. The summed E-state index contributed by atoms with van der Waals surface area (Å²) in [7, 11) is 0. The number of aliphatic carboxylic acids is 1. The first-order valence-electron chi connectivity index (χ1n) is 9.03. The Morgan fingerprint density at radius 2 is 1.92 bits per heavy atom. The van der Waals surface area contributed by atoms with Crippen LogP contribution < -0.4 is 5.32 Å². The van der Waals surface area contributed by atoms with Gasteiger partial charge in [-0.2, -0.15) is 5.10 Å². The molecule has 0 atom stereocenters. The zero-order valence-corrected chi connectivity index (χ0v) is 15.2. The predicted octanol–water partition coefficient (Wildman–Crippen LogP) is 3.00. The van der Waals surface area contributed by atoms with Gasteiger partial charge in [-0.05, 0) is 44.1 Å². The van der Waals surface area contributed by atoms with E-state index in [9.17, 15) is 14.7 Å². The monoisotopic (exact) mass is 355 g/mol. The molecule has 1 aliphatic rings. The highest BCUT2D eigenvalue weighted by Crippen LogP contribution is 2.32. The summed E-state index contributed by atoms with van der Waals surface area (Å²) >= 11 is 0. The summed E-state index contributed by atoms with van der Waals surface area (Å²) < 4.78 is 1.76. The highest BCUT2D eigenvalue weighted by molar-refractivity contribution is 5.98. The van der Waals surface area contributed by atoms with E-state index in [1.165, 1.54) is 6.20 Å². The molecule has 2 aromatic rings. The molecule has 1 aliphatic carbocycles. The Morgan fingerprint density at radius 3 is 2.54 bits per heavy atom. The molecule has 3 rings (SSSR count). The van der Waals surface area contributed by atoms with Gasteiger partial charge >= 0.3 is 5.97 Å². The van der Waals surface area contributed by atoms with Crippen LogP contribution in [0.25, 0.3) is 0 Å². The number of amides is 1. The fourth-order valence-corrected chi connectivity index (χ4v) is 3.52. The standard InChI is InChI=1S/C20H25N3O3/c1-14-8-10-20(11-9-14,19(25)26)22-18(24)17-12-21-23(15(17)2)13-16-6-4-3-5-7-16/h3-7,12,14H,8-11,13H2,1-2H3,(H,22,24)(H,25,26). The largest absolute Gasteiger partial charge is 0.480 e. The van der Waals surface area contributed by atoms with Crippen molar-refractivity contribution in [1.29, 1.82) is 0 Å². The Balaban J connectivity index is 1.76. The first kappa shape index (κ1) is 18.2. The molecule has 0 unspecified atom stereocenters. The second kappa shape index (κ2) is 7.32. The van der Waals surface area contributed by atoms with Crippen molar-refractivity contribution in [2.45, 2.75) is 51.6 Å². The highest BCUT2D eigenvalue weighted by Gasteiger charge is 2.42. The van der Waals surface area contributed by atoms with E-state index in [1.807, 2.05) is 37.3 Å². The quantitative estimate of drug-likeness (QED) is 0.863. The molecule has 1 amide bonds. The number of carbonyl (C=O) groups excluding carboxylic acids is 1. The maximum absolute atomic E-state index is 12.8. The van der Waals surface area contributed by atoms with Gasteiger partial charge in [-0.1, -0.05) is 37.3 Å². The summed E-state index contributed by atoms with van der Waals surface area (Å²) in [5, 5.41) is 16.8. The molecule has 0 aliphatic heterocycles. The van der Waals surface area contributed by atoms with E-state index in [-0.39, 0.29) is 5.91 Å². The van der Waals surface area contributed by atoms with Crippen molar-refractivity contribution >= 4 is 11.9 Å². The van der Waals surface area contributed by atoms with E-state index in [4.69, 9.17) is 0 Å². The number of hydrogen-bond acceptors (Lipinski definition) is 3. The molecule has 2 N–H and O–H groups in total. The summed E-state index contributed by atoms with van der Waals surface area (Å²) in [6.45, 7) is 4.52. The molecular weight excluding hydrogens is 330 g/mol. The van der Waals surface area contributed by atoms with Crippen molar-refractivity contribution in [2.24, 2.45) is 5.92 Å². The number of carboxylic acid groups (broad SMARTS) is 1. The fourth-order valence-electron chi connectivity index (χ4n) is 3.52. The average Bonchev–Trinajstić information content (AvgIpc) is 2.98. The van der Waals surface area contributed by atoms with Crippen LogP contribution in [-0.2, 0) is 11.3 Å². The summed E-state index contributed by atoms with van der Waals surface area (Å²) in [6, 6.07) is 9.88. The second-order valence-electron chi connectivity index (χ2n) is 7.31. The van der Waals surface area contributed by atoms with Crippen LogP contribution in [0.2, 0.25) is 0 Å². The lowest BCUT2D eigenvalue weighted by Gasteiger charge is -2.36. The van der Waals surface area contributed by atoms with Crippen LogP contribution in [0.5, 0.6) is 0 Å². The number of aromatic nitrogens is 2. The van der Waals surface area contributed by atoms with Crippen molar-refractivity contribution < 1.29 is 14.7 Å². The minimum atomic E-state index is -1.17. The minimum absolute atomic E-state index is 0.362. The van der Waals surface area contributed by atoms with Crippen molar-refractivity contribution in [3.8, 4) is 0 Å². The maximum Gasteiger partial charge on any atom is 0.329 e. The number of rotatable bonds is 5. The Kier molecular flexibility index (Phi) is 5.11. The molecule has 1 saturated carbocycles. The minimum Gasteiger partial charge on any atom is -0.480 e. The Morgan fingerprint density at radius 1 is 1.27 bits per heavy atom. The van der Waals surface area contributed by atoms with Crippen LogP contribution in [-0.4, -0.2) is 32.3 Å². The number of carboxylic acids is 1. The van der Waals surface area contributed by atoms with Gasteiger partial charge in [0.05, 0.1) is 18.3 Å². The van der Waals surface area contributed by atoms with Crippen LogP contribution in [0, 0.1) is 12.8 Å². The Bertz CT molecular complexity index is 790. The van der Waals surface area contributed by atoms with Crippen LogP contribution >= 0.6 is 0 Å². The van der Waals surface area contributed by atoms with Crippen molar-refractivity contribution in [1.82, 2.24) is 15.1 Å². The predicted molar refractivity (Wildman–Crippen MR) is 98.0 cm³/mol. The molecule has 0 bridgehead atoms. The first-order chi connectivity index (χ1) is 12.4. The number of hydrogen-bond donors (Lipinski definition) is 2. The summed E-state index contributed by atoms with van der Waals surface area (Å²) in [5.41, 5.74) is 1.09. The van der Waals surface area contributed by atoms with Crippen molar-refractivity contribution in [3.05, 3.63) is 53.3 Å². The maximum atomic E-state index is 12.8. The third kappa shape index (κ3) is 3.64. The van der Waals surface area contributed by atoms with Gasteiger partial charge < -0.3 is 10.4 Å². The van der Waals surface area contributed by atoms with Crippen LogP contribution in [0.1, 0.15) is 54.2 Å². The van der Waals surface area contributed by atoms with Gasteiger partial charge in [-0.3, -0.25) is 9.48 Å². The van der Waals surface area contributed by atoms with Crippen LogP contribution in [0.3, 0.4) is 0 Å².